The number of carboxylic acids is 1. The fraction of sp³-hybridized carbons (Fsp3) is 0.320. The van der Waals surface area contributed by atoms with Crippen LogP contribution in [0.5, 0.6) is 5.88 Å². The molecule has 1 aliphatic rings. The van der Waals surface area contributed by atoms with Crippen LogP contribution in [-0.4, -0.2) is 43.6 Å². The van der Waals surface area contributed by atoms with Crippen molar-refractivity contribution in [2.75, 3.05) is 13.1 Å². The second kappa shape index (κ2) is 10.8. The lowest BCUT2D eigenvalue weighted by Crippen LogP contribution is -2.33. The molecule has 0 radical (unpaired) electrons. The van der Waals surface area contributed by atoms with Gasteiger partial charge in [0.25, 0.3) is 0 Å². The molecule has 1 N–H and O–H groups in total. The van der Waals surface area contributed by atoms with E-state index in [1.54, 1.807) is 30.5 Å². The fourth-order valence-electron chi connectivity index (χ4n) is 4.04. The van der Waals surface area contributed by atoms with Crippen LogP contribution in [0, 0.1) is 5.82 Å². The van der Waals surface area contributed by atoms with E-state index < -0.39 is 11.8 Å². The Labute approximate surface area is 202 Å². The Morgan fingerprint density at radius 1 is 1.29 bits per heavy atom. The van der Waals surface area contributed by atoms with Gasteiger partial charge in [-0.2, -0.15) is 0 Å². The van der Waals surface area contributed by atoms with Crippen LogP contribution in [0.3, 0.4) is 0 Å². The molecule has 1 fully saturated rings. The Bertz CT molecular complexity index is 1190. The summed E-state index contributed by atoms with van der Waals surface area (Å²) in [7, 11) is 1.89. The number of hydrogen-bond donors (Lipinski definition) is 1. The lowest BCUT2D eigenvalue weighted by atomic mass is 9.93. The zero-order valence-electron chi connectivity index (χ0n) is 18.8. The second-order valence-corrected chi connectivity index (χ2v) is 8.74. The molecule has 34 heavy (non-hydrogen) atoms. The summed E-state index contributed by atoms with van der Waals surface area (Å²) in [6, 6.07) is 10.2. The SMILES string of the molecule is Cn1c(C=CC(=O)O)cnc1CN1CCC(c2cccc(OCc3ccc(Cl)cc3F)n2)CC1. The largest absolute Gasteiger partial charge is 0.478 e. The predicted octanol–water partition coefficient (Wildman–Crippen LogP) is 4.66. The number of piperidine rings is 1. The molecule has 1 saturated heterocycles. The highest BCUT2D eigenvalue weighted by Gasteiger charge is 2.23. The van der Waals surface area contributed by atoms with Gasteiger partial charge in [0.05, 0.1) is 18.4 Å². The van der Waals surface area contributed by atoms with Gasteiger partial charge in [-0.05, 0) is 50.2 Å². The number of likely N-dealkylation sites (tertiary alicyclic amines) is 1. The topological polar surface area (TPSA) is 80.5 Å². The number of halogens is 2. The maximum atomic E-state index is 14.0. The highest BCUT2D eigenvalue weighted by molar-refractivity contribution is 6.30. The van der Waals surface area contributed by atoms with E-state index >= 15 is 0 Å². The van der Waals surface area contributed by atoms with Gasteiger partial charge in [-0.1, -0.05) is 23.7 Å². The second-order valence-electron chi connectivity index (χ2n) is 8.31. The number of aromatic nitrogens is 3. The number of hydrogen-bond acceptors (Lipinski definition) is 5. The summed E-state index contributed by atoms with van der Waals surface area (Å²) in [5.74, 6) is 0.317. The first-order valence-corrected chi connectivity index (χ1v) is 11.4. The van der Waals surface area contributed by atoms with E-state index in [0.29, 0.717) is 28.9 Å². The van der Waals surface area contributed by atoms with Crippen LogP contribution in [-0.2, 0) is 25.0 Å². The summed E-state index contributed by atoms with van der Waals surface area (Å²) in [5, 5.41) is 9.17. The Morgan fingerprint density at radius 2 is 2.09 bits per heavy atom. The standard InChI is InChI=1S/C25H26ClFN4O3/c1-30-20(7-8-25(32)33)14-28-23(30)15-31-11-9-17(10-12-31)22-3-2-4-24(29-22)34-16-18-5-6-19(26)13-21(18)27/h2-8,13-14,17H,9-12,15-16H2,1H3,(H,32,33). The number of benzene rings is 1. The van der Waals surface area contributed by atoms with Gasteiger partial charge >= 0.3 is 5.97 Å². The Kier molecular flexibility index (Phi) is 7.59. The molecular weight excluding hydrogens is 459 g/mol. The first-order chi connectivity index (χ1) is 16.4. The van der Waals surface area contributed by atoms with Crippen molar-refractivity contribution < 1.29 is 19.0 Å². The van der Waals surface area contributed by atoms with Crippen molar-refractivity contribution in [3.8, 4) is 5.88 Å². The molecule has 1 aliphatic heterocycles. The summed E-state index contributed by atoms with van der Waals surface area (Å²) in [6.45, 7) is 2.60. The number of carbonyl (C=O) groups is 1. The summed E-state index contributed by atoms with van der Waals surface area (Å²) in [4.78, 5) is 22.2. The van der Waals surface area contributed by atoms with Gasteiger partial charge in [0.1, 0.15) is 18.2 Å². The molecule has 0 unspecified atom stereocenters. The first kappa shape index (κ1) is 23.9. The van der Waals surface area contributed by atoms with Crippen LogP contribution in [0.25, 0.3) is 6.08 Å². The number of aliphatic carboxylic acids is 1. The molecule has 0 amide bonds. The highest BCUT2D eigenvalue weighted by atomic mass is 35.5. The molecule has 0 bridgehead atoms. The van der Waals surface area contributed by atoms with Crippen LogP contribution in [0.4, 0.5) is 4.39 Å². The van der Waals surface area contributed by atoms with Crippen LogP contribution in [0.2, 0.25) is 5.02 Å². The summed E-state index contributed by atoms with van der Waals surface area (Å²) < 4.78 is 21.6. The minimum Gasteiger partial charge on any atom is -0.478 e. The molecule has 9 heteroatoms. The van der Waals surface area contributed by atoms with Crippen molar-refractivity contribution in [3.05, 3.63) is 82.3 Å². The minimum atomic E-state index is -0.981. The van der Waals surface area contributed by atoms with Crippen LogP contribution in [0.1, 0.15) is 41.5 Å². The third kappa shape index (κ3) is 6.01. The smallest absolute Gasteiger partial charge is 0.328 e. The molecule has 1 aromatic carbocycles. The van der Waals surface area contributed by atoms with Crippen molar-refractivity contribution in [1.82, 2.24) is 19.4 Å². The third-order valence-electron chi connectivity index (χ3n) is 6.02. The summed E-state index contributed by atoms with van der Waals surface area (Å²) in [5.41, 5.74) is 2.17. The zero-order chi connectivity index (χ0) is 24.1. The number of pyridine rings is 1. The molecule has 4 rings (SSSR count). The van der Waals surface area contributed by atoms with E-state index in [4.69, 9.17) is 21.4 Å². The van der Waals surface area contributed by atoms with E-state index in [-0.39, 0.29) is 6.61 Å². The molecule has 0 atom stereocenters. The van der Waals surface area contributed by atoms with Gasteiger partial charge in [0.2, 0.25) is 5.88 Å². The molecule has 2 aromatic heterocycles. The zero-order valence-corrected chi connectivity index (χ0v) is 19.6. The maximum Gasteiger partial charge on any atom is 0.328 e. The molecular formula is C25H26ClFN4O3. The van der Waals surface area contributed by atoms with Gasteiger partial charge in [-0.3, -0.25) is 4.90 Å². The van der Waals surface area contributed by atoms with Gasteiger partial charge in [-0.15, -0.1) is 0 Å². The Morgan fingerprint density at radius 3 is 2.82 bits per heavy atom. The van der Waals surface area contributed by atoms with Crippen molar-refractivity contribution in [2.24, 2.45) is 7.05 Å². The molecule has 3 heterocycles. The van der Waals surface area contributed by atoms with Gasteiger partial charge in [0, 0.05) is 41.4 Å². The van der Waals surface area contributed by atoms with Crippen molar-refractivity contribution in [3.63, 3.8) is 0 Å². The number of imidazole rings is 1. The third-order valence-corrected chi connectivity index (χ3v) is 6.26. The summed E-state index contributed by atoms with van der Waals surface area (Å²) in [6.07, 6.45) is 6.26. The van der Waals surface area contributed by atoms with Crippen molar-refractivity contribution in [1.29, 1.82) is 0 Å². The molecule has 0 spiro atoms. The highest BCUT2D eigenvalue weighted by Crippen LogP contribution is 2.29. The first-order valence-electron chi connectivity index (χ1n) is 11.1. The summed E-state index contributed by atoms with van der Waals surface area (Å²) >= 11 is 5.80. The van der Waals surface area contributed by atoms with Gasteiger partial charge in [-0.25, -0.2) is 19.2 Å². The van der Waals surface area contributed by atoms with E-state index in [9.17, 15) is 9.18 Å². The van der Waals surface area contributed by atoms with Crippen LogP contribution < -0.4 is 4.74 Å². The van der Waals surface area contributed by atoms with Crippen LogP contribution in [0.15, 0.2) is 48.7 Å². The molecule has 178 valence electrons. The van der Waals surface area contributed by atoms with Crippen molar-refractivity contribution in [2.45, 2.75) is 31.9 Å². The lowest BCUT2D eigenvalue weighted by molar-refractivity contribution is -0.131. The van der Waals surface area contributed by atoms with Gasteiger partial charge in [0.15, 0.2) is 0 Å². The number of nitrogens with zero attached hydrogens (tertiary/aromatic N) is 4. The number of rotatable bonds is 8. The molecule has 7 nitrogen and oxygen atoms in total. The van der Waals surface area contributed by atoms with E-state index in [2.05, 4.69) is 14.9 Å². The molecule has 3 aromatic rings. The Balaban J connectivity index is 1.32. The van der Waals surface area contributed by atoms with E-state index in [0.717, 1.165) is 49.2 Å². The van der Waals surface area contributed by atoms with Crippen molar-refractivity contribution >= 4 is 23.6 Å². The quantitative estimate of drug-likeness (QED) is 0.468. The maximum absolute atomic E-state index is 14.0. The minimum absolute atomic E-state index is 0.0885. The lowest BCUT2D eigenvalue weighted by Gasteiger charge is -2.31. The molecule has 0 aliphatic carbocycles. The number of ether oxygens (including phenoxy) is 1. The van der Waals surface area contributed by atoms with Crippen LogP contribution >= 0.6 is 11.6 Å². The fourth-order valence-corrected chi connectivity index (χ4v) is 4.20. The predicted molar refractivity (Wildman–Crippen MR) is 127 cm³/mol. The number of carboxylic acid groups (broad SMARTS) is 1. The normalized spacial score (nSPS) is 15.1. The molecule has 0 saturated carbocycles. The monoisotopic (exact) mass is 484 g/mol. The van der Waals surface area contributed by atoms with E-state index in [1.165, 1.54) is 6.07 Å². The Hall–Kier alpha value is -3.23. The average Bonchev–Trinajstić information content (AvgIpc) is 3.17. The van der Waals surface area contributed by atoms with Gasteiger partial charge < -0.3 is 14.4 Å². The van der Waals surface area contributed by atoms with E-state index in [1.807, 2.05) is 23.7 Å². The average molecular weight is 485 g/mol.